The third kappa shape index (κ3) is 4.89. The van der Waals surface area contributed by atoms with Crippen molar-refractivity contribution < 1.29 is 32.1 Å². The van der Waals surface area contributed by atoms with E-state index in [1.807, 2.05) is 0 Å². The highest BCUT2D eigenvalue weighted by molar-refractivity contribution is 6.06. The number of nitro benzene ring substituents is 1. The number of furan rings is 1. The quantitative estimate of drug-likeness (QED) is 0.433. The molecule has 1 aromatic heterocycles. The molecule has 0 fully saturated rings. The van der Waals surface area contributed by atoms with Crippen LogP contribution in [-0.2, 0) is 6.18 Å². The number of benzene rings is 2. The van der Waals surface area contributed by atoms with E-state index in [9.17, 15) is 32.9 Å². The maximum atomic E-state index is 13.5. The van der Waals surface area contributed by atoms with Gasteiger partial charge in [-0.2, -0.15) is 13.2 Å². The second-order valence-corrected chi connectivity index (χ2v) is 6.44. The summed E-state index contributed by atoms with van der Waals surface area (Å²) in [7, 11) is 0. The molecule has 0 unspecified atom stereocenters. The standard InChI is InChI=1S/C20H14F3N3O5/c1-11-8-12(2-5-17(11)26(29)30)18(27)25-16-4-3-14(9-15(16)20(21,22)23)24-19(28)13-6-7-31-10-13/h2-10H,1H3,(H,24,28)(H,25,27). The van der Waals surface area contributed by atoms with Crippen LogP contribution in [0.5, 0.6) is 0 Å². The van der Waals surface area contributed by atoms with Crippen molar-refractivity contribution in [3.63, 3.8) is 0 Å². The monoisotopic (exact) mass is 433 g/mol. The van der Waals surface area contributed by atoms with E-state index in [1.165, 1.54) is 31.4 Å². The molecule has 8 nitrogen and oxygen atoms in total. The van der Waals surface area contributed by atoms with Crippen molar-refractivity contribution in [2.45, 2.75) is 13.1 Å². The molecule has 2 aromatic carbocycles. The maximum absolute atomic E-state index is 13.5. The number of halogens is 3. The van der Waals surface area contributed by atoms with E-state index < -0.39 is 34.2 Å². The molecule has 160 valence electrons. The van der Waals surface area contributed by atoms with E-state index >= 15 is 0 Å². The van der Waals surface area contributed by atoms with Crippen LogP contribution in [0, 0.1) is 17.0 Å². The minimum atomic E-state index is -4.83. The summed E-state index contributed by atoms with van der Waals surface area (Å²) in [5.74, 6) is -1.54. The van der Waals surface area contributed by atoms with Gasteiger partial charge >= 0.3 is 6.18 Å². The molecule has 0 aliphatic carbocycles. The second kappa shape index (κ2) is 8.30. The zero-order valence-corrected chi connectivity index (χ0v) is 15.8. The number of carbonyl (C=O) groups is 2. The average molecular weight is 433 g/mol. The van der Waals surface area contributed by atoms with E-state index in [2.05, 4.69) is 10.6 Å². The fraction of sp³-hybridized carbons (Fsp3) is 0.100. The van der Waals surface area contributed by atoms with Crippen molar-refractivity contribution in [1.29, 1.82) is 0 Å². The van der Waals surface area contributed by atoms with Crippen LogP contribution in [0.2, 0.25) is 0 Å². The Morgan fingerprint density at radius 1 is 1.00 bits per heavy atom. The third-order valence-electron chi connectivity index (χ3n) is 4.27. The molecule has 0 bridgehead atoms. The Morgan fingerprint density at radius 3 is 2.29 bits per heavy atom. The molecule has 2 amide bonds. The molecule has 2 N–H and O–H groups in total. The first-order valence-electron chi connectivity index (χ1n) is 8.67. The molecule has 0 aliphatic heterocycles. The van der Waals surface area contributed by atoms with Crippen molar-refractivity contribution in [1.82, 2.24) is 0 Å². The maximum Gasteiger partial charge on any atom is 0.418 e. The molecule has 11 heteroatoms. The van der Waals surface area contributed by atoms with E-state index in [0.29, 0.717) is 6.07 Å². The Morgan fingerprint density at radius 2 is 1.71 bits per heavy atom. The number of rotatable bonds is 5. The topological polar surface area (TPSA) is 114 Å². The lowest BCUT2D eigenvalue weighted by atomic mass is 10.1. The predicted octanol–water partition coefficient (Wildman–Crippen LogP) is 5.02. The first-order valence-corrected chi connectivity index (χ1v) is 8.67. The molecule has 0 radical (unpaired) electrons. The summed E-state index contributed by atoms with van der Waals surface area (Å²) in [6.45, 7) is 1.41. The van der Waals surface area contributed by atoms with Gasteiger partial charge in [0.05, 0.1) is 28.0 Å². The molecular weight excluding hydrogens is 419 g/mol. The number of amides is 2. The number of alkyl halides is 3. The van der Waals surface area contributed by atoms with Gasteiger partial charge in [0, 0.05) is 22.9 Å². The lowest BCUT2D eigenvalue weighted by Crippen LogP contribution is -2.18. The van der Waals surface area contributed by atoms with Crippen LogP contribution >= 0.6 is 0 Å². The van der Waals surface area contributed by atoms with E-state index in [0.717, 1.165) is 24.5 Å². The van der Waals surface area contributed by atoms with Gasteiger partial charge in [-0.1, -0.05) is 0 Å². The summed E-state index contributed by atoms with van der Waals surface area (Å²) in [6, 6.07) is 7.69. The predicted molar refractivity (Wildman–Crippen MR) is 104 cm³/mol. The molecule has 31 heavy (non-hydrogen) atoms. The number of hydrogen-bond acceptors (Lipinski definition) is 5. The fourth-order valence-electron chi connectivity index (χ4n) is 2.76. The summed E-state index contributed by atoms with van der Waals surface area (Å²) in [6.07, 6.45) is -2.44. The Balaban J connectivity index is 1.86. The van der Waals surface area contributed by atoms with Crippen LogP contribution in [-0.4, -0.2) is 16.7 Å². The highest BCUT2D eigenvalue weighted by Crippen LogP contribution is 2.37. The minimum Gasteiger partial charge on any atom is -0.472 e. The Hall–Kier alpha value is -4.15. The molecule has 0 atom stereocenters. The lowest BCUT2D eigenvalue weighted by molar-refractivity contribution is -0.385. The van der Waals surface area contributed by atoms with Gasteiger partial charge in [-0.15, -0.1) is 0 Å². The molecule has 0 saturated heterocycles. The van der Waals surface area contributed by atoms with Gasteiger partial charge in [0.25, 0.3) is 17.5 Å². The van der Waals surface area contributed by atoms with E-state index in [4.69, 9.17) is 4.42 Å². The van der Waals surface area contributed by atoms with Crippen molar-refractivity contribution in [2.24, 2.45) is 0 Å². The minimum absolute atomic E-state index is 0.0476. The van der Waals surface area contributed by atoms with E-state index in [-0.39, 0.29) is 28.1 Å². The van der Waals surface area contributed by atoms with Crippen LogP contribution in [0.25, 0.3) is 0 Å². The van der Waals surface area contributed by atoms with Crippen molar-refractivity contribution >= 4 is 28.9 Å². The first kappa shape index (κ1) is 21.6. The third-order valence-corrected chi connectivity index (χ3v) is 4.27. The number of nitrogens with zero attached hydrogens (tertiary/aromatic N) is 1. The molecular formula is C20H14F3N3O5. The SMILES string of the molecule is Cc1cc(C(=O)Nc2ccc(NC(=O)c3ccoc3)cc2C(F)(F)F)ccc1[N+](=O)[O-]. The van der Waals surface area contributed by atoms with Crippen LogP contribution < -0.4 is 10.6 Å². The van der Waals surface area contributed by atoms with Crippen LogP contribution in [0.4, 0.5) is 30.2 Å². The number of aryl methyl sites for hydroxylation is 1. The normalized spacial score (nSPS) is 11.1. The number of carbonyl (C=O) groups excluding carboxylic acids is 2. The van der Waals surface area contributed by atoms with Crippen LogP contribution in [0.15, 0.2) is 59.4 Å². The number of nitrogens with one attached hydrogen (secondary N) is 2. The summed E-state index contributed by atoms with van der Waals surface area (Å²) in [4.78, 5) is 34.7. The number of anilines is 2. The molecule has 0 spiro atoms. The van der Waals surface area contributed by atoms with Crippen molar-refractivity contribution in [2.75, 3.05) is 10.6 Å². The van der Waals surface area contributed by atoms with Gasteiger partial charge in [0.1, 0.15) is 6.26 Å². The van der Waals surface area contributed by atoms with Gasteiger partial charge in [-0.05, 0) is 43.3 Å². The van der Waals surface area contributed by atoms with Crippen LogP contribution in [0.1, 0.15) is 31.8 Å². The number of hydrogen-bond donors (Lipinski definition) is 2. The van der Waals surface area contributed by atoms with Gasteiger partial charge in [0.2, 0.25) is 0 Å². The summed E-state index contributed by atoms with van der Waals surface area (Å²) >= 11 is 0. The highest BCUT2D eigenvalue weighted by atomic mass is 19.4. The average Bonchev–Trinajstić information content (AvgIpc) is 3.23. The van der Waals surface area contributed by atoms with Gasteiger partial charge < -0.3 is 15.1 Å². The Kier molecular flexibility index (Phi) is 5.77. The van der Waals surface area contributed by atoms with Gasteiger partial charge in [0.15, 0.2) is 0 Å². The molecule has 1 heterocycles. The zero-order chi connectivity index (χ0) is 22.8. The van der Waals surface area contributed by atoms with Gasteiger partial charge in [-0.3, -0.25) is 19.7 Å². The van der Waals surface area contributed by atoms with Gasteiger partial charge in [-0.25, -0.2) is 0 Å². The Labute approximate surface area is 172 Å². The van der Waals surface area contributed by atoms with E-state index in [1.54, 1.807) is 0 Å². The smallest absolute Gasteiger partial charge is 0.418 e. The molecule has 0 aliphatic rings. The largest absolute Gasteiger partial charge is 0.472 e. The zero-order valence-electron chi connectivity index (χ0n) is 15.8. The fourth-order valence-corrected chi connectivity index (χ4v) is 2.76. The van der Waals surface area contributed by atoms with Crippen molar-refractivity contribution in [3.8, 4) is 0 Å². The second-order valence-electron chi connectivity index (χ2n) is 6.44. The first-order chi connectivity index (χ1) is 14.6. The summed E-state index contributed by atoms with van der Waals surface area (Å²) in [5, 5.41) is 15.4. The highest BCUT2D eigenvalue weighted by Gasteiger charge is 2.34. The Bertz CT molecular complexity index is 1160. The molecule has 3 aromatic rings. The van der Waals surface area contributed by atoms with Crippen LogP contribution in [0.3, 0.4) is 0 Å². The number of nitro groups is 1. The summed E-state index contributed by atoms with van der Waals surface area (Å²) in [5.41, 5.74) is -1.80. The summed E-state index contributed by atoms with van der Waals surface area (Å²) < 4.78 is 45.4. The molecule has 3 rings (SSSR count). The molecule has 0 saturated carbocycles. The lowest BCUT2D eigenvalue weighted by Gasteiger charge is -2.16. The van der Waals surface area contributed by atoms with Crippen molar-refractivity contribution in [3.05, 3.63) is 87.4 Å².